The number of aromatic nitrogens is 5. The van der Waals surface area contributed by atoms with Crippen LogP contribution in [0.25, 0.3) is 23.0 Å². The molecule has 21 heavy (non-hydrogen) atoms. The molecular weight excluding hydrogens is 270 g/mol. The molecule has 0 unspecified atom stereocenters. The highest BCUT2D eigenvalue weighted by molar-refractivity contribution is 5.58. The normalized spacial score (nSPS) is 10.8. The molecule has 1 N–H and O–H groups in total. The molecule has 0 amide bonds. The fourth-order valence-electron chi connectivity index (χ4n) is 1.99. The second kappa shape index (κ2) is 5.28. The standard InChI is InChI=1S/C14H13N5O2/c1-3-10-4-9(5-11(20)17-10)14-18-13(19-21-14)12-8(2)6-15-7-16-12/h4-7H,3H2,1-2H3,(H,17,20). The summed E-state index contributed by atoms with van der Waals surface area (Å²) in [7, 11) is 0. The van der Waals surface area contributed by atoms with Crippen LogP contribution in [-0.4, -0.2) is 25.1 Å². The molecule has 0 aromatic carbocycles. The minimum absolute atomic E-state index is 0.192. The van der Waals surface area contributed by atoms with Gasteiger partial charge in [0.25, 0.3) is 5.89 Å². The van der Waals surface area contributed by atoms with Crippen molar-refractivity contribution >= 4 is 0 Å². The highest BCUT2D eigenvalue weighted by Crippen LogP contribution is 2.21. The van der Waals surface area contributed by atoms with Gasteiger partial charge in [0.2, 0.25) is 11.4 Å². The van der Waals surface area contributed by atoms with Gasteiger partial charge >= 0.3 is 0 Å². The molecule has 7 heteroatoms. The molecule has 0 aliphatic carbocycles. The summed E-state index contributed by atoms with van der Waals surface area (Å²) in [6.45, 7) is 3.83. The quantitative estimate of drug-likeness (QED) is 0.786. The van der Waals surface area contributed by atoms with E-state index in [1.165, 1.54) is 12.4 Å². The van der Waals surface area contributed by atoms with Crippen molar-refractivity contribution in [3.63, 3.8) is 0 Å². The summed E-state index contributed by atoms with van der Waals surface area (Å²) in [4.78, 5) is 26.7. The molecule has 0 aliphatic rings. The van der Waals surface area contributed by atoms with E-state index in [0.29, 0.717) is 23.0 Å². The highest BCUT2D eigenvalue weighted by atomic mass is 16.5. The lowest BCUT2D eigenvalue weighted by Gasteiger charge is -1.98. The molecule has 0 atom stereocenters. The predicted octanol–water partition coefficient (Wildman–Crippen LogP) is 1.75. The minimum atomic E-state index is -0.192. The zero-order valence-electron chi connectivity index (χ0n) is 11.6. The van der Waals surface area contributed by atoms with Crippen LogP contribution in [0.2, 0.25) is 0 Å². The van der Waals surface area contributed by atoms with E-state index in [4.69, 9.17) is 4.52 Å². The number of rotatable bonds is 3. The molecule has 0 radical (unpaired) electrons. The van der Waals surface area contributed by atoms with Crippen molar-refractivity contribution < 1.29 is 4.52 Å². The summed E-state index contributed by atoms with van der Waals surface area (Å²) in [6.07, 6.45) is 3.83. The van der Waals surface area contributed by atoms with Crippen LogP contribution in [0.4, 0.5) is 0 Å². The van der Waals surface area contributed by atoms with Crippen LogP contribution < -0.4 is 5.56 Å². The molecule has 0 spiro atoms. The Morgan fingerprint density at radius 2 is 2.19 bits per heavy atom. The predicted molar refractivity (Wildman–Crippen MR) is 75.5 cm³/mol. The zero-order valence-corrected chi connectivity index (χ0v) is 11.6. The van der Waals surface area contributed by atoms with E-state index < -0.39 is 0 Å². The first kappa shape index (κ1) is 13.2. The third kappa shape index (κ3) is 2.58. The monoisotopic (exact) mass is 283 g/mol. The van der Waals surface area contributed by atoms with Crippen molar-refractivity contribution in [3.05, 3.63) is 46.3 Å². The van der Waals surface area contributed by atoms with Crippen molar-refractivity contribution in [2.24, 2.45) is 0 Å². The molecule has 0 bridgehead atoms. The van der Waals surface area contributed by atoms with E-state index in [-0.39, 0.29) is 5.56 Å². The van der Waals surface area contributed by atoms with E-state index >= 15 is 0 Å². The zero-order chi connectivity index (χ0) is 14.8. The van der Waals surface area contributed by atoms with Gasteiger partial charge in [0, 0.05) is 23.5 Å². The average Bonchev–Trinajstić information content (AvgIpc) is 2.96. The van der Waals surface area contributed by atoms with E-state index in [1.807, 2.05) is 19.9 Å². The Balaban J connectivity index is 2.05. The van der Waals surface area contributed by atoms with Crippen LogP contribution in [0, 0.1) is 6.92 Å². The van der Waals surface area contributed by atoms with Crippen molar-refractivity contribution in [2.75, 3.05) is 0 Å². The third-order valence-electron chi connectivity index (χ3n) is 3.06. The molecule has 0 saturated carbocycles. The third-order valence-corrected chi connectivity index (χ3v) is 3.06. The molecule has 3 aromatic heterocycles. The molecular formula is C14H13N5O2. The topological polar surface area (TPSA) is 97.6 Å². The van der Waals surface area contributed by atoms with Crippen LogP contribution in [0.5, 0.6) is 0 Å². The molecule has 7 nitrogen and oxygen atoms in total. The Morgan fingerprint density at radius 3 is 2.95 bits per heavy atom. The van der Waals surface area contributed by atoms with E-state index in [0.717, 1.165) is 17.7 Å². The number of aryl methyl sites for hydroxylation is 2. The first-order valence-corrected chi connectivity index (χ1v) is 6.51. The lowest BCUT2D eigenvalue weighted by molar-refractivity contribution is 0.432. The van der Waals surface area contributed by atoms with Crippen LogP contribution in [0.3, 0.4) is 0 Å². The molecule has 0 saturated heterocycles. The summed E-state index contributed by atoms with van der Waals surface area (Å²) in [5.74, 6) is 0.673. The van der Waals surface area contributed by atoms with Gasteiger partial charge < -0.3 is 9.51 Å². The fraction of sp³-hybridized carbons (Fsp3) is 0.214. The lowest BCUT2D eigenvalue weighted by Crippen LogP contribution is -2.07. The Bertz CT molecular complexity index is 837. The van der Waals surface area contributed by atoms with Gasteiger partial charge in [-0.1, -0.05) is 12.1 Å². The van der Waals surface area contributed by atoms with E-state index in [2.05, 4.69) is 25.1 Å². The Hall–Kier alpha value is -2.83. The maximum atomic E-state index is 11.6. The van der Waals surface area contributed by atoms with E-state index in [9.17, 15) is 4.79 Å². The summed E-state index contributed by atoms with van der Waals surface area (Å²) in [6, 6.07) is 3.26. The van der Waals surface area contributed by atoms with Gasteiger partial charge in [0.15, 0.2) is 0 Å². The first-order chi connectivity index (χ1) is 10.2. The molecule has 0 aliphatic heterocycles. The van der Waals surface area contributed by atoms with Gasteiger partial charge in [-0.05, 0) is 25.0 Å². The second-order valence-electron chi connectivity index (χ2n) is 4.59. The number of hydrogen-bond donors (Lipinski definition) is 1. The average molecular weight is 283 g/mol. The van der Waals surface area contributed by atoms with Gasteiger partial charge in [0.05, 0.1) is 0 Å². The van der Waals surface area contributed by atoms with Gasteiger partial charge in [-0.15, -0.1) is 0 Å². The van der Waals surface area contributed by atoms with Gasteiger partial charge in [-0.2, -0.15) is 4.98 Å². The maximum absolute atomic E-state index is 11.6. The highest BCUT2D eigenvalue weighted by Gasteiger charge is 2.14. The summed E-state index contributed by atoms with van der Waals surface area (Å²) < 4.78 is 5.24. The second-order valence-corrected chi connectivity index (χ2v) is 4.59. The molecule has 106 valence electrons. The minimum Gasteiger partial charge on any atom is -0.334 e. The number of H-pyrrole nitrogens is 1. The number of aromatic amines is 1. The summed E-state index contributed by atoms with van der Waals surface area (Å²) in [5, 5.41) is 3.92. The molecule has 3 heterocycles. The van der Waals surface area contributed by atoms with Gasteiger partial charge in [-0.25, -0.2) is 9.97 Å². The molecule has 0 fully saturated rings. The Morgan fingerprint density at radius 1 is 1.33 bits per heavy atom. The van der Waals surface area contributed by atoms with Crippen molar-refractivity contribution in [1.82, 2.24) is 25.1 Å². The lowest BCUT2D eigenvalue weighted by atomic mass is 10.2. The largest absolute Gasteiger partial charge is 0.334 e. The molecule has 3 rings (SSSR count). The smallest absolute Gasteiger partial charge is 0.258 e. The fourth-order valence-corrected chi connectivity index (χ4v) is 1.99. The summed E-state index contributed by atoms with van der Waals surface area (Å²) >= 11 is 0. The number of nitrogens with one attached hydrogen (secondary N) is 1. The van der Waals surface area contributed by atoms with Crippen LogP contribution >= 0.6 is 0 Å². The van der Waals surface area contributed by atoms with Crippen molar-refractivity contribution in [1.29, 1.82) is 0 Å². The summed E-state index contributed by atoms with van der Waals surface area (Å²) in [5.41, 5.74) is 2.68. The maximum Gasteiger partial charge on any atom is 0.258 e. The van der Waals surface area contributed by atoms with Crippen molar-refractivity contribution in [2.45, 2.75) is 20.3 Å². The first-order valence-electron chi connectivity index (χ1n) is 6.51. The van der Waals surface area contributed by atoms with Crippen LogP contribution in [0.1, 0.15) is 18.2 Å². The van der Waals surface area contributed by atoms with E-state index in [1.54, 1.807) is 6.20 Å². The van der Waals surface area contributed by atoms with Crippen molar-refractivity contribution in [3.8, 4) is 23.0 Å². The SMILES string of the molecule is CCc1cc(-c2nc(-c3ncncc3C)no2)cc(=O)[nH]1. The van der Waals surface area contributed by atoms with Gasteiger partial charge in [0.1, 0.15) is 12.0 Å². The number of hydrogen-bond acceptors (Lipinski definition) is 6. The van der Waals surface area contributed by atoms with Gasteiger partial charge in [-0.3, -0.25) is 4.79 Å². The Kier molecular flexibility index (Phi) is 3.31. The Labute approximate surface area is 120 Å². The number of nitrogens with zero attached hydrogens (tertiary/aromatic N) is 4. The number of pyridine rings is 1. The van der Waals surface area contributed by atoms with Crippen LogP contribution in [-0.2, 0) is 6.42 Å². The molecule has 3 aromatic rings. The van der Waals surface area contributed by atoms with Crippen LogP contribution in [0.15, 0.2) is 34.0 Å².